The number of amides is 1. The molecule has 2 N–H and O–H groups in total. The number of nitrogens with one attached hydrogen (secondary N) is 2. The third-order valence-corrected chi connectivity index (χ3v) is 2.84. The zero-order valence-corrected chi connectivity index (χ0v) is 12.4. The average molecular weight is 280 g/mol. The Bertz CT molecular complexity index is 410. The van der Waals surface area contributed by atoms with Crippen LogP contribution in [0.1, 0.15) is 25.5 Å². The number of hydrogen-bond donors (Lipinski definition) is 2. The number of benzene rings is 1. The molecule has 0 bridgehead atoms. The molecule has 1 aromatic carbocycles. The lowest BCUT2D eigenvalue weighted by molar-refractivity contribution is -0.114. The number of rotatable bonds is 9. The quantitative estimate of drug-likeness (QED) is 0.679. The second-order valence-corrected chi connectivity index (χ2v) is 4.59. The van der Waals surface area contributed by atoms with Gasteiger partial charge in [0.1, 0.15) is 0 Å². The Morgan fingerprint density at radius 2 is 2.10 bits per heavy atom. The van der Waals surface area contributed by atoms with Crippen molar-refractivity contribution in [2.75, 3.05) is 38.8 Å². The van der Waals surface area contributed by atoms with Crippen molar-refractivity contribution < 1.29 is 14.3 Å². The van der Waals surface area contributed by atoms with Crippen LogP contribution in [0.3, 0.4) is 0 Å². The summed E-state index contributed by atoms with van der Waals surface area (Å²) in [4.78, 5) is 11.0. The number of methoxy groups -OCH3 is 1. The molecule has 0 heterocycles. The van der Waals surface area contributed by atoms with Gasteiger partial charge < -0.3 is 20.1 Å². The summed E-state index contributed by atoms with van der Waals surface area (Å²) in [5, 5.41) is 6.16. The SMILES string of the molecule is COCCOCCNC(C)c1cccc(NC(C)=O)c1. The van der Waals surface area contributed by atoms with Gasteiger partial charge in [0, 0.05) is 32.3 Å². The van der Waals surface area contributed by atoms with E-state index >= 15 is 0 Å². The fourth-order valence-corrected chi connectivity index (χ4v) is 1.80. The van der Waals surface area contributed by atoms with Gasteiger partial charge in [-0.25, -0.2) is 0 Å². The van der Waals surface area contributed by atoms with Gasteiger partial charge in [-0.2, -0.15) is 0 Å². The first kappa shape index (κ1) is 16.6. The molecular weight excluding hydrogens is 256 g/mol. The van der Waals surface area contributed by atoms with Gasteiger partial charge in [0.2, 0.25) is 5.91 Å². The Balaban J connectivity index is 2.35. The summed E-state index contributed by atoms with van der Waals surface area (Å²) in [5.41, 5.74) is 1.95. The zero-order valence-electron chi connectivity index (χ0n) is 12.4. The van der Waals surface area contributed by atoms with Crippen molar-refractivity contribution in [3.8, 4) is 0 Å². The van der Waals surface area contributed by atoms with Crippen LogP contribution in [0, 0.1) is 0 Å². The van der Waals surface area contributed by atoms with Crippen molar-refractivity contribution in [2.45, 2.75) is 19.9 Å². The molecule has 5 heteroatoms. The highest BCUT2D eigenvalue weighted by atomic mass is 16.5. The molecule has 0 radical (unpaired) electrons. The topological polar surface area (TPSA) is 59.6 Å². The molecule has 1 atom stereocenters. The van der Waals surface area contributed by atoms with Crippen molar-refractivity contribution in [3.05, 3.63) is 29.8 Å². The van der Waals surface area contributed by atoms with Gasteiger partial charge in [0.25, 0.3) is 0 Å². The van der Waals surface area contributed by atoms with Crippen LogP contribution >= 0.6 is 0 Å². The highest BCUT2D eigenvalue weighted by molar-refractivity contribution is 5.88. The summed E-state index contributed by atoms with van der Waals surface area (Å²) in [6.45, 7) is 6.25. The minimum atomic E-state index is -0.0608. The predicted molar refractivity (Wildman–Crippen MR) is 79.9 cm³/mol. The average Bonchev–Trinajstić information content (AvgIpc) is 2.42. The van der Waals surface area contributed by atoms with E-state index in [1.165, 1.54) is 6.92 Å². The van der Waals surface area contributed by atoms with E-state index in [4.69, 9.17) is 9.47 Å². The van der Waals surface area contributed by atoms with Crippen LogP contribution in [-0.2, 0) is 14.3 Å². The van der Waals surface area contributed by atoms with Crippen molar-refractivity contribution in [3.63, 3.8) is 0 Å². The largest absolute Gasteiger partial charge is 0.382 e. The molecule has 0 aliphatic carbocycles. The number of ether oxygens (including phenoxy) is 2. The highest BCUT2D eigenvalue weighted by Gasteiger charge is 2.05. The van der Waals surface area contributed by atoms with E-state index in [2.05, 4.69) is 17.6 Å². The molecule has 1 amide bonds. The van der Waals surface area contributed by atoms with Crippen LogP contribution in [0.15, 0.2) is 24.3 Å². The Hall–Kier alpha value is -1.43. The van der Waals surface area contributed by atoms with Crippen LogP contribution in [0.5, 0.6) is 0 Å². The van der Waals surface area contributed by atoms with Gasteiger partial charge in [-0.05, 0) is 24.6 Å². The predicted octanol–water partition coefficient (Wildman–Crippen LogP) is 1.96. The lowest BCUT2D eigenvalue weighted by atomic mass is 10.1. The molecule has 0 saturated carbocycles. The normalized spacial score (nSPS) is 12.2. The summed E-state index contributed by atoms with van der Waals surface area (Å²) in [5.74, 6) is -0.0608. The van der Waals surface area contributed by atoms with E-state index in [1.807, 2.05) is 24.3 Å². The smallest absolute Gasteiger partial charge is 0.221 e. The van der Waals surface area contributed by atoms with Gasteiger partial charge in [-0.15, -0.1) is 0 Å². The van der Waals surface area contributed by atoms with Crippen LogP contribution < -0.4 is 10.6 Å². The molecule has 112 valence electrons. The molecule has 1 rings (SSSR count). The maximum Gasteiger partial charge on any atom is 0.221 e. The standard InChI is InChI=1S/C15H24N2O3/c1-12(16-7-8-20-10-9-19-3)14-5-4-6-15(11-14)17-13(2)18/h4-6,11-12,16H,7-10H2,1-3H3,(H,17,18). The van der Waals surface area contributed by atoms with E-state index < -0.39 is 0 Å². The van der Waals surface area contributed by atoms with Crippen LogP contribution in [0.4, 0.5) is 5.69 Å². The Labute approximate surface area is 120 Å². The summed E-state index contributed by atoms with van der Waals surface area (Å²) >= 11 is 0. The zero-order chi connectivity index (χ0) is 14.8. The first-order chi connectivity index (χ1) is 9.63. The molecule has 0 spiro atoms. The highest BCUT2D eigenvalue weighted by Crippen LogP contribution is 2.17. The molecule has 1 unspecified atom stereocenters. The third kappa shape index (κ3) is 6.65. The number of carbonyl (C=O) groups excluding carboxylic acids is 1. The van der Waals surface area contributed by atoms with Gasteiger partial charge >= 0.3 is 0 Å². The minimum Gasteiger partial charge on any atom is -0.382 e. The summed E-state index contributed by atoms with van der Waals surface area (Å²) in [7, 11) is 1.66. The van der Waals surface area contributed by atoms with Gasteiger partial charge in [-0.3, -0.25) is 4.79 Å². The first-order valence-electron chi connectivity index (χ1n) is 6.81. The third-order valence-electron chi connectivity index (χ3n) is 2.84. The molecule has 0 aliphatic rings. The van der Waals surface area contributed by atoms with E-state index in [0.717, 1.165) is 17.8 Å². The summed E-state index contributed by atoms with van der Waals surface area (Å²) in [6.07, 6.45) is 0. The molecule has 1 aromatic rings. The lowest BCUT2D eigenvalue weighted by Gasteiger charge is -2.15. The maximum absolute atomic E-state index is 11.0. The maximum atomic E-state index is 11.0. The molecule has 5 nitrogen and oxygen atoms in total. The fraction of sp³-hybridized carbons (Fsp3) is 0.533. The summed E-state index contributed by atoms with van der Waals surface area (Å²) in [6, 6.07) is 8.04. The summed E-state index contributed by atoms with van der Waals surface area (Å²) < 4.78 is 10.3. The van der Waals surface area contributed by atoms with Crippen LogP contribution in [-0.4, -0.2) is 39.4 Å². The first-order valence-corrected chi connectivity index (χ1v) is 6.81. The van der Waals surface area contributed by atoms with E-state index in [0.29, 0.717) is 19.8 Å². The number of carbonyl (C=O) groups is 1. The minimum absolute atomic E-state index is 0.0608. The molecular formula is C15H24N2O3. The Kier molecular flexibility index (Phi) is 7.87. The lowest BCUT2D eigenvalue weighted by Crippen LogP contribution is -2.24. The van der Waals surface area contributed by atoms with Crippen LogP contribution in [0.2, 0.25) is 0 Å². The molecule has 0 aromatic heterocycles. The van der Waals surface area contributed by atoms with Gasteiger partial charge in [0.15, 0.2) is 0 Å². The monoisotopic (exact) mass is 280 g/mol. The molecule has 20 heavy (non-hydrogen) atoms. The van der Waals surface area contributed by atoms with Gasteiger partial charge in [-0.1, -0.05) is 12.1 Å². The van der Waals surface area contributed by atoms with E-state index in [9.17, 15) is 4.79 Å². The van der Waals surface area contributed by atoms with E-state index in [-0.39, 0.29) is 11.9 Å². The van der Waals surface area contributed by atoms with Crippen LogP contribution in [0.25, 0.3) is 0 Å². The molecule has 0 aliphatic heterocycles. The molecule has 0 saturated heterocycles. The van der Waals surface area contributed by atoms with Crippen molar-refractivity contribution in [2.24, 2.45) is 0 Å². The van der Waals surface area contributed by atoms with Crippen molar-refractivity contribution in [1.29, 1.82) is 0 Å². The Morgan fingerprint density at radius 1 is 1.30 bits per heavy atom. The second kappa shape index (κ2) is 9.47. The van der Waals surface area contributed by atoms with Gasteiger partial charge in [0.05, 0.1) is 19.8 Å². The second-order valence-electron chi connectivity index (χ2n) is 4.59. The number of anilines is 1. The fourth-order valence-electron chi connectivity index (χ4n) is 1.80. The molecule has 0 fully saturated rings. The Morgan fingerprint density at radius 3 is 2.80 bits per heavy atom. The van der Waals surface area contributed by atoms with Crippen molar-refractivity contribution in [1.82, 2.24) is 5.32 Å². The van der Waals surface area contributed by atoms with E-state index in [1.54, 1.807) is 7.11 Å². The number of hydrogen-bond acceptors (Lipinski definition) is 4. The van der Waals surface area contributed by atoms with Crippen molar-refractivity contribution >= 4 is 11.6 Å².